The van der Waals surface area contributed by atoms with Crippen molar-refractivity contribution in [3.63, 3.8) is 0 Å². The topological polar surface area (TPSA) is 64.7 Å². The monoisotopic (exact) mass is 508 g/mol. The van der Waals surface area contributed by atoms with Gasteiger partial charge >= 0.3 is 0 Å². The van der Waals surface area contributed by atoms with Crippen molar-refractivity contribution in [2.24, 2.45) is 10.4 Å². The molecule has 196 valence electrons. The molecule has 2 aromatic carbocycles. The third-order valence-electron chi connectivity index (χ3n) is 8.35. The number of rotatable bonds is 9. The van der Waals surface area contributed by atoms with Crippen LogP contribution in [0.4, 0.5) is 0 Å². The van der Waals surface area contributed by atoms with Gasteiger partial charge in [0.05, 0.1) is 24.4 Å². The van der Waals surface area contributed by atoms with Crippen molar-refractivity contribution in [1.82, 2.24) is 5.16 Å². The molecule has 0 N–H and O–H groups in total. The second-order valence-corrected chi connectivity index (χ2v) is 12.3. The number of benzene rings is 2. The molecule has 38 heavy (non-hydrogen) atoms. The number of hydrogen-bond acceptors (Lipinski definition) is 5. The number of carbonyl (C=O) groups is 1. The summed E-state index contributed by atoms with van der Waals surface area (Å²) in [4.78, 5) is 17.6. The highest BCUT2D eigenvalue weighted by Crippen LogP contribution is 2.49. The molecule has 1 aromatic heterocycles. The SMILES string of the molecule is CCC1(COc2ccc3c(c2)CC2=NC(c4ccc(CC(=O)Cc5cc(C(C)(C)C)on5)cc4)=CC23)CC1. The predicted molar refractivity (Wildman–Crippen MR) is 150 cm³/mol. The van der Waals surface area contributed by atoms with Crippen LogP contribution in [0.15, 0.2) is 64.1 Å². The van der Waals surface area contributed by atoms with E-state index in [-0.39, 0.29) is 23.5 Å². The lowest BCUT2D eigenvalue weighted by Crippen LogP contribution is -2.11. The molecule has 0 bridgehead atoms. The average molecular weight is 509 g/mol. The number of carbonyl (C=O) groups excluding carboxylic acids is 1. The van der Waals surface area contributed by atoms with E-state index in [0.29, 0.717) is 17.5 Å². The molecule has 0 radical (unpaired) electrons. The fourth-order valence-corrected chi connectivity index (χ4v) is 5.47. The van der Waals surface area contributed by atoms with E-state index in [2.05, 4.69) is 69.3 Å². The number of ether oxygens (including phenoxy) is 1. The number of allylic oxidation sites excluding steroid dienone is 1. The van der Waals surface area contributed by atoms with E-state index in [1.165, 1.54) is 36.1 Å². The minimum atomic E-state index is -0.117. The van der Waals surface area contributed by atoms with E-state index in [0.717, 1.165) is 41.4 Å². The van der Waals surface area contributed by atoms with Crippen molar-refractivity contribution in [3.8, 4) is 5.75 Å². The lowest BCUT2D eigenvalue weighted by Gasteiger charge is -2.15. The number of hydrogen-bond donors (Lipinski definition) is 0. The summed E-state index contributed by atoms with van der Waals surface area (Å²) in [6.07, 6.45) is 7.59. The minimum absolute atomic E-state index is 0.117. The fourth-order valence-electron chi connectivity index (χ4n) is 5.47. The van der Waals surface area contributed by atoms with Crippen LogP contribution in [-0.4, -0.2) is 23.3 Å². The van der Waals surface area contributed by atoms with Crippen molar-refractivity contribution in [1.29, 1.82) is 0 Å². The summed E-state index contributed by atoms with van der Waals surface area (Å²) >= 11 is 0. The van der Waals surface area contributed by atoms with Crippen molar-refractivity contribution in [3.05, 3.63) is 88.3 Å². The lowest BCUT2D eigenvalue weighted by molar-refractivity contribution is -0.117. The van der Waals surface area contributed by atoms with Crippen molar-refractivity contribution < 1.29 is 14.1 Å². The van der Waals surface area contributed by atoms with Crippen LogP contribution in [0, 0.1) is 5.41 Å². The Morgan fingerprint density at radius 2 is 1.87 bits per heavy atom. The summed E-state index contributed by atoms with van der Waals surface area (Å²) < 4.78 is 11.6. The summed E-state index contributed by atoms with van der Waals surface area (Å²) in [5.74, 6) is 2.16. The van der Waals surface area contributed by atoms with E-state index in [1.807, 2.05) is 18.2 Å². The Morgan fingerprint density at radius 1 is 1.08 bits per heavy atom. The van der Waals surface area contributed by atoms with Gasteiger partial charge in [0.1, 0.15) is 17.3 Å². The Bertz CT molecular complexity index is 1430. The first-order valence-electron chi connectivity index (χ1n) is 13.8. The maximum absolute atomic E-state index is 12.6. The van der Waals surface area contributed by atoms with Crippen molar-refractivity contribution in [2.45, 2.75) is 77.6 Å². The summed E-state index contributed by atoms with van der Waals surface area (Å²) in [5, 5.41) is 4.08. The first-order valence-corrected chi connectivity index (χ1v) is 13.8. The van der Waals surface area contributed by atoms with Crippen LogP contribution in [-0.2, 0) is 29.5 Å². The fraction of sp³-hybridized carbons (Fsp3) is 0.424. The zero-order valence-corrected chi connectivity index (χ0v) is 22.8. The summed E-state index contributed by atoms with van der Waals surface area (Å²) in [7, 11) is 0. The normalized spacial score (nSPS) is 19.0. The van der Waals surface area contributed by atoms with E-state index in [1.54, 1.807) is 0 Å². The van der Waals surface area contributed by atoms with Crippen LogP contribution in [0.2, 0.25) is 0 Å². The van der Waals surface area contributed by atoms with Gasteiger partial charge in [-0.2, -0.15) is 0 Å². The molecular formula is C33H36N2O3. The van der Waals surface area contributed by atoms with Crippen LogP contribution < -0.4 is 4.74 Å². The molecule has 6 rings (SSSR count). The number of aromatic nitrogens is 1. The first kappa shape index (κ1) is 24.8. The summed E-state index contributed by atoms with van der Waals surface area (Å²) in [5.41, 5.74) is 7.99. The number of Topliss-reactive ketones (excluding diaryl/α,β-unsaturated/α-hetero) is 1. The Balaban J connectivity index is 1.07. The third kappa shape index (κ3) is 4.99. The number of ketones is 1. The standard InChI is InChI=1S/C33H36N2O3/c1-5-33(12-13-33)20-37-26-10-11-27-23(15-26)16-30-28(27)19-29(34-30)22-8-6-21(7-9-22)14-25(36)17-24-18-31(38-35-24)32(2,3)4/h6-11,15,18-19,28H,5,12-14,16-17,20H2,1-4H3. The van der Waals surface area contributed by atoms with Gasteiger partial charge in [-0.25, -0.2) is 0 Å². The van der Waals surface area contributed by atoms with E-state index in [9.17, 15) is 4.79 Å². The maximum atomic E-state index is 12.6. The van der Waals surface area contributed by atoms with Crippen LogP contribution in [0.25, 0.3) is 5.70 Å². The molecular weight excluding hydrogens is 472 g/mol. The molecule has 1 aliphatic heterocycles. The number of fused-ring (bicyclic) bond motifs is 3. The largest absolute Gasteiger partial charge is 0.493 e. The van der Waals surface area contributed by atoms with Crippen molar-refractivity contribution >= 4 is 17.2 Å². The molecule has 5 heteroatoms. The zero-order valence-electron chi connectivity index (χ0n) is 22.8. The van der Waals surface area contributed by atoms with Crippen LogP contribution >= 0.6 is 0 Å². The molecule has 3 aliphatic rings. The highest BCUT2D eigenvalue weighted by Gasteiger charge is 2.41. The second kappa shape index (κ2) is 9.37. The Kier molecular flexibility index (Phi) is 6.13. The molecule has 2 aliphatic carbocycles. The molecule has 5 nitrogen and oxygen atoms in total. The van der Waals surface area contributed by atoms with Crippen molar-refractivity contribution in [2.75, 3.05) is 6.61 Å². The van der Waals surface area contributed by atoms with Gasteiger partial charge in [0, 0.05) is 41.4 Å². The van der Waals surface area contributed by atoms with Gasteiger partial charge < -0.3 is 9.26 Å². The molecule has 0 amide bonds. The molecule has 0 spiro atoms. The lowest BCUT2D eigenvalue weighted by atomic mass is 9.93. The predicted octanol–water partition coefficient (Wildman–Crippen LogP) is 7.03. The molecule has 1 atom stereocenters. The van der Waals surface area contributed by atoms with Gasteiger partial charge in [0.2, 0.25) is 0 Å². The van der Waals surface area contributed by atoms with Crippen LogP contribution in [0.3, 0.4) is 0 Å². The van der Waals surface area contributed by atoms with Crippen LogP contribution in [0.1, 0.15) is 86.6 Å². The van der Waals surface area contributed by atoms with Gasteiger partial charge in [0.15, 0.2) is 0 Å². The molecule has 1 saturated carbocycles. The number of nitrogens with zero attached hydrogens (tertiary/aromatic N) is 2. The quantitative estimate of drug-likeness (QED) is 0.311. The Hall–Kier alpha value is -3.47. The van der Waals surface area contributed by atoms with E-state index >= 15 is 0 Å². The average Bonchev–Trinajstić information content (AvgIpc) is 3.16. The smallest absolute Gasteiger partial charge is 0.143 e. The first-order chi connectivity index (χ1) is 18.2. The third-order valence-corrected chi connectivity index (χ3v) is 8.35. The highest BCUT2D eigenvalue weighted by molar-refractivity contribution is 6.05. The van der Waals surface area contributed by atoms with E-state index < -0.39 is 0 Å². The van der Waals surface area contributed by atoms with Crippen LogP contribution in [0.5, 0.6) is 5.75 Å². The minimum Gasteiger partial charge on any atom is -0.493 e. The zero-order chi connectivity index (χ0) is 26.5. The molecule has 2 heterocycles. The molecule has 3 aromatic rings. The molecule has 1 unspecified atom stereocenters. The van der Waals surface area contributed by atoms with Gasteiger partial charge in [-0.05, 0) is 59.7 Å². The Labute approximate surface area is 225 Å². The van der Waals surface area contributed by atoms with Gasteiger partial charge in [-0.15, -0.1) is 0 Å². The van der Waals surface area contributed by atoms with E-state index in [4.69, 9.17) is 14.3 Å². The van der Waals surface area contributed by atoms with Gasteiger partial charge in [-0.1, -0.05) is 63.2 Å². The van der Waals surface area contributed by atoms with Gasteiger partial charge in [-0.3, -0.25) is 9.79 Å². The molecule has 0 saturated heterocycles. The highest BCUT2D eigenvalue weighted by atomic mass is 16.5. The maximum Gasteiger partial charge on any atom is 0.143 e. The second-order valence-electron chi connectivity index (χ2n) is 12.3. The summed E-state index contributed by atoms with van der Waals surface area (Å²) in [6.45, 7) is 9.30. The molecule has 1 fully saturated rings. The summed E-state index contributed by atoms with van der Waals surface area (Å²) in [6, 6.07) is 16.7. The number of aliphatic imine (C=N–C) groups is 1. The van der Waals surface area contributed by atoms with Gasteiger partial charge in [0.25, 0.3) is 0 Å². The Morgan fingerprint density at radius 3 is 2.55 bits per heavy atom.